The van der Waals surface area contributed by atoms with Crippen LogP contribution in [-0.2, 0) is 9.59 Å². The quantitative estimate of drug-likeness (QED) is 0.486. The Morgan fingerprint density at radius 2 is 1.95 bits per heavy atom. The van der Waals surface area contributed by atoms with Crippen LogP contribution < -0.4 is 10.6 Å². The van der Waals surface area contributed by atoms with Crippen LogP contribution in [0.3, 0.4) is 0 Å². The monoisotopic (exact) mass is 539 g/mol. The number of hydrogen-bond donors (Lipinski definition) is 2. The predicted molar refractivity (Wildman–Crippen MR) is 125 cm³/mol. The van der Waals surface area contributed by atoms with Crippen molar-refractivity contribution in [3.05, 3.63) is 71.0 Å². The second kappa shape index (κ2) is 10.4. The number of fused-ring (bicyclic) bond motifs is 1. The number of hydrogen-bond acceptors (Lipinski definition) is 4. The Hall–Kier alpha value is -3.67. The molecule has 2 N–H and O–H groups in total. The van der Waals surface area contributed by atoms with Crippen molar-refractivity contribution >= 4 is 34.8 Å². The molecule has 0 aliphatic carbocycles. The van der Waals surface area contributed by atoms with Crippen LogP contribution in [0.2, 0.25) is 5.02 Å². The average molecular weight is 540 g/mol. The first-order chi connectivity index (χ1) is 17.4. The number of imidazole rings is 1. The topological polar surface area (TPSA) is 95.8 Å². The smallest absolute Gasteiger partial charge is 0.349 e. The van der Waals surface area contributed by atoms with Crippen LogP contribution in [0.1, 0.15) is 35.3 Å². The van der Waals surface area contributed by atoms with Crippen LogP contribution >= 0.6 is 11.6 Å². The normalized spacial score (nSPS) is 18.9. The minimum absolute atomic E-state index is 0.0194. The van der Waals surface area contributed by atoms with Crippen LogP contribution in [-0.4, -0.2) is 63.4 Å². The number of halogens is 5. The number of piperidine rings is 1. The van der Waals surface area contributed by atoms with Gasteiger partial charge in [-0.1, -0.05) is 17.7 Å². The molecular formula is C24H22ClF4N5O3. The average Bonchev–Trinajstić information content (AvgIpc) is 3.31. The molecule has 1 saturated heterocycles. The molecule has 37 heavy (non-hydrogen) atoms. The first-order valence-electron chi connectivity index (χ1n) is 11.3. The zero-order valence-electron chi connectivity index (χ0n) is 19.4. The second-order valence-electron chi connectivity index (χ2n) is 8.76. The molecule has 0 unspecified atom stereocenters. The highest BCUT2D eigenvalue weighted by molar-refractivity contribution is 6.30. The minimum atomic E-state index is -5.15. The van der Waals surface area contributed by atoms with Gasteiger partial charge in [0.2, 0.25) is 5.91 Å². The maximum absolute atomic E-state index is 14.1. The number of aromatic nitrogens is 2. The van der Waals surface area contributed by atoms with Gasteiger partial charge in [0, 0.05) is 24.0 Å². The van der Waals surface area contributed by atoms with Gasteiger partial charge in [0.1, 0.15) is 17.6 Å². The lowest BCUT2D eigenvalue weighted by atomic mass is 9.84. The van der Waals surface area contributed by atoms with E-state index in [1.807, 2.05) is 0 Å². The summed E-state index contributed by atoms with van der Waals surface area (Å²) in [5.74, 6) is -4.59. The minimum Gasteiger partial charge on any atom is -0.349 e. The Balaban J connectivity index is 1.59. The van der Waals surface area contributed by atoms with E-state index in [2.05, 4.69) is 10.3 Å². The number of carbonyl (C=O) groups is 3. The fourth-order valence-corrected chi connectivity index (χ4v) is 4.64. The van der Waals surface area contributed by atoms with E-state index < -0.39 is 41.8 Å². The number of alkyl halides is 3. The second-order valence-corrected chi connectivity index (χ2v) is 9.19. The highest BCUT2D eigenvalue weighted by Gasteiger charge is 2.41. The molecule has 3 amide bonds. The molecule has 0 saturated carbocycles. The van der Waals surface area contributed by atoms with E-state index in [9.17, 15) is 31.9 Å². The standard InChI is InChI=1S/C24H22ClF4N5O3/c1-13(31-23(37)24(27,28)29)21(35)32-19-11-33(6-5-18(19)14-7-15(25)9-16(26)8-14)22(36)20-4-2-3-17-10-30-12-34(17)20/h2-4,7-10,12-13,18-19H,5-6,11H2,1H3,(H,31,37)(H,32,35)/t13-,18-,19+/m0/s1. The van der Waals surface area contributed by atoms with Gasteiger partial charge in [0.05, 0.1) is 24.1 Å². The maximum Gasteiger partial charge on any atom is 0.471 e. The van der Waals surface area contributed by atoms with Gasteiger partial charge in [-0.2, -0.15) is 13.2 Å². The first-order valence-corrected chi connectivity index (χ1v) is 11.7. The number of carbonyl (C=O) groups excluding carboxylic acids is 3. The fourth-order valence-electron chi connectivity index (χ4n) is 4.41. The van der Waals surface area contributed by atoms with Gasteiger partial charge in [0.25, 0.3) is 5.91 Å². The number of amides is 3. The van der Waals surface area contributed by atoms with E-state index in [1.54, 1.807) is 34.1 Å². The molecule has 4 rings (SSSR count). The van der Waals surface area contributed by atoms with E-state index in [0.717, 1.165) is 13.0 Å². The van der Waals surface area contributed by atoms with Crippen molar-refractivity contribution in [1.82, 2.24) is 24.9 Å². The lowest BCUT2D eigenvalue weighted by molar-refractivity contribution is -0.174. The number of benzene rings is 1. The summed E-state index contributed by atoms with van der Waals surface area (Å²) in [6, 6.07) is 6.70. The van der Waals surface area contributed by atoms with Gasteiger partial charge in [-0.15, -0.1) is 0 Å². The summed E-state index contributed by atoms with van der Waals surface area (Å²) < 4.78 is 53.6. The molecule has 3 aromatic rings. The zero-order valence-corrected chi connectivity index (χ0v) is 20.2. The van der Waals surface area contributed by atoms with Crippen molar-refractivity contribution < 1.29 is 31.9 Å². The molecule has 3 atom stereocenters. The van der Waals surface area contributed by atoms with Crippen molar-refractivity contribution in [2.24, 2.45) is 0 Å². The van der Waals surface area contributed by atoms with E-state index in [0.29, 0.717) is 23.2 Å². The molecule has 13 heteroatoms. The number of nitrogens with one attached hydrogen (secondary N) is 2. The van der Waals surface area contributed by atoms with Gasteiger partial charge in [-0.25, -0.2) is 9.37 Å². The molecule has 8 nitrogen and oxygen atoms in total. The zero-order chi connectivity index (χ0) is 26.9. The Kier molecular flexibility index (Phi) is 7.39. The van der Waals surface area contributed by atoms with E-state index in [1.165, 1.54) is 23.4 Å². The lowest BCUT2D eigenvalue weighted by Gasteiger charge is -2.39. The van der Waals surface area contributed by atoms with Gasteiger partial charge < -0.3 is 15.5 Å². The third-order valence-corrected chi connectivity index (χ3v) is 6.42. The molecule has 0 radical (unpaired) electrons. The molecule has 1 aromatic carbocycles. The summed E-state index contributed by atoms with van der Waals surface area (Å²) in [6.07, 6.45) is -1.76. The largest absolute Gasteiger partial charge is 0.471 e. The molecule has 2 aromatic heterocycles. The lowest BCUT2D eigenvalue weighted by Crippen LogP contribution is -2.57. The first kappa shape index (κ1) is 26.4. The van der Waals surface area contributed by atoms with Crippen molar-refractivity contribution in [3.8, 4) is 0 Å². The summed E-state index contributed by atoms with van der Waals surface area (Å²) in [7, 11) is 0. The summed E-state index contributed by atoms with van der Waals surface area (Å²) in [4.78, 5) is 43.0. The third kappa shape index (κ3) is 5.85. The highest BCUT2D eigenvalue weighted by atomic mass is 35.5. The van der Waals surface area contributed by atoms with E-state index >= 15 is 0 Å². The van der Waals surface area contributed by atoms with Gasteiger partial charge in [0.15, 0.2) is 0 Å². The molecule has 3 heterocycles. The van der Waals surface area contributed by atoms with E-state index in [-0.39, 0.29) is 24.0 Å². The van der Waals surface area contributed by atoms with Crippen LogP contribution in [0.5, 0.6) is 0 Å². The van der Waals surface area contributed by atoms with Crippen molar-refractivity contribution in [1.29, 1.82) is 0 Å². The Bertz CT molecular complexity index is 1330. The Morgan fingerprint density at radius 1 is 1.19 bits per heavy atom. The highest BCUT2D eigenvalue weighted by Crippen LogP contribution is 2.31. The van der Waals surface area contributed by atoms with Crippen molar-refractivity contribution in [2.45, 2.75) is 37.5 Å². The fraction of sp³-hybridized carbons (Fsp3) is 0.333. The molecule has 1 fully saturated rings. The summed E-state index contributed by atoms with van der Waals surface area (Å²) in [5.41, 5.74) is 1.50. The Morgan fingerprint density at radius 3 is 2.65 bits per heavy atom. The summed E-state index contributed by atoms with van der Waals surface area (Å²) in [6.45, 7) is 1.35. The predicted octanol–water partition coefficient (Wildman–Crippen LogP) is 3.31. The Labute approximate surface area is 213 Å². The molecule has 0 spiro atoms. The molecule has 0 bridgehead atoms. The van der Waals surface area contributed by atoms with Gasteiger partial charge in [-0.05, 0) is 49.2 Å². The van der Waals surface area contributed by atoms with Crippen LogP contribution in [0.4, 0.5) is 17.6 Å². The number of likely N-dealkylation sites (tertiary alicyclic amines) is 1. The molecular weight excluding hydrogens is 518 g/mol. The summed E-state index contributed by atoms with van der Waals surface area (Å²) >= 11 is 6.02. The molecule has 1 aliphatic rings. The van der Waals surface area contributed by atoms with Crippen LogP contribution in [0, 0.1) is 5.82 Å². The molecule has 196 valence electrons. The summed E-state index contributed by atoms with van der Waals surface area (Å²) in [5, 5.41) is 4.38. The van der Waals surface area contributed by atoms with Crippen LogP contribution in [0.15, 0.2) is 48.9 Å². The van der Waals surface area contributed by atoms with Crippen LogP contribution in [0.25, 0.3) is 5.52 Å². The number of nitrogens with zero attached hydrogens (tertiary/aromatic N) is 3. The third-order valence-electron chi connectivity index (χ3n) is 6.21. The van der Waals surface area contributed by atoms with Crippen molar-refractivity contribution in [3.63, 3.8) is 0 Å². The van der Waals surface area contributed by atoms with Gasteiger partial charge >= 0.3 is 12.1 Å². The van der Waals surface area contributed by atoms with Crippen molar-refractivity contribution in [2.75, 3.05) is 13.1 Å². The molecule has 1 aliphatic heterocycles. The number of rotatable bonds is 5. The maximum atomic E-state index is 14.1. The SMILES string of the molecule is C[C@H](NC(=O)C(F)(F)F)C(=O)N[C@@H]1CN(C(=O)c2cccc3cncn23)CC[C@H]1c1cc(F)cc(Cl)c1. The van der Waals surface area contributed by atoms with E-state index in [4.69, 9.17) is 11.6 Å². The number of pyridine rings is 1. The van der Waals surface area contributed by atoms with Gasteiger partial charge in [-0.3, -0.25) is 18.8 Å².